The largest absolute Gasteiger partial charge is 0.481 e. The van der Waals surface area contributed by atoms with Gasteiger partial charge >= 0.3 is 0 Å². The number of ether oxygens (including phenoxy) is 1. The zero-order valence-electron chi connectivity index (χ0n) is 24.4. The number of benzene rings is 2. The normalized spacial score (nSPS) is 19.9. The van der Waals surface area contributed by atoms with Crippen LogP contribution < -0.4 is 15.4 Å². The van der Waals surface area contributed by atoms with Crippen LogP contribution in [0, 0.1) is 24.7 Å². The lowest BCUT2D eigenvalue weighted by Gasteiger charge is -2.44. The molecule has 0 aromatic heterocycles. The summed E-state index contributed by atoms with van der Waals surface area (Å²) in [6.45, 7) is 12.2. The molecule has 1 heterocycles. The molecule has 0 spiro atoms. The van der Waals surface area contributed by atoms with Crippen LogP contribution in [-0.2, 0) is 14.4 Å². The molecule has 1 aliphatic heterocycles. The Balaban J connectivity index is 1.46. The van der Waals surface area contributed by atoms with Crippen LogP contribution in [0.1, 0.15) is 76.0 Å². The van der Waals surface area contributed by atoms with Crippen LogP contribution in [-0.4, -0.2) is 24.1 Å². The number of hydrogen-bond acceptors (Lipinski definition) is 5. The highest BCUT2D eigenvalue weighted by atomic mass is 79.9. The van der Waals surface area contributed by atoms with Gasteiger partial charge in [-0.3, -0.25) is 14.4 Å². The Kier molecular flexibility index (Phi) is 7.88. The van der Waals surface area contributed by atoms with Gasteiger partial charge in [-0.25, -0.2) is 0 Å². The van der Waals surface area contributed by atoms with Crippen LogP contribution >= 0.6 is 31.9 Å². The van der Waals surface area contributed by atoms with E-state index in [-0.39, 0.29) is 34.9 Å². The molecule has 8 heteroatoms. The molecule has 0 saturated carbocycles. The predicted molar refractivity (Wildman–Crippen MR) is 168 cm³/mol. The first-order chi connectivity index (χ1) is 19.1. The third kappa shape index (κ3) is 6.09. The van der Waals surface area contributed by atoms with Crippen molar-refractivity contribution in [2.45, 2.75) is 73.1 Å². The molecule has 2 aromatic rings. The Bertz CT molecular complexity index is 1480. The number of hydrogen-bond donors (Lipinski definition) is 2. The minimum Gasteiger partial charge on any atom is -0.481 e. The van der Waals surface area contributed by atoms with Crippen molar-refractivity contribution in [2.75, 3.05) is 11.9 Å². The maximum absolute atomic E-state index is 13.6. The summed E-state index contributed by atoms with van der Waals surface area (Å²) >= 11 is 7.28. The number of aryl methyl sites for hydroxylation is 2. The monoisotopic (exact) mass is 682 g/mol. The van der Waals surface area contributed by atoms with Gasteiger partial charge in [0.15, 0.2) is 18.2 Å². The average Bonchev–Trinajstić information content (AvgIpc) is 2.82. The lowest BCUT2D eigenvalue weighted by molar-refractivity contribution is -0.119. The molecule has 216 valence electrons. The van der Waals surface area contributed by atoms with Crippen molar-refractivity contribution < 1.29 is 19.1 Å². The van der Waals surface area contributed by atoms with Crippen molar-refractivity contribution >= 4 is 55.0 Å². The van der Waals surface area contributed by atoms with E-state index in [0.717, 1.165) is 46.6 Å². The summed E-state index contributed by atoms with van der Waals surface area (Å²) in [4.78, 5) is 39.9. The van der Waals surface area contributed by atoms with Gasteiger partial charge in [0.2, 0.25) is 0 Å². The number of amides is 1. The molecule has 6 nitrogen and oxygen atoms in total. The van der Waals surface area contributed by atoms with Crippen molar-refractivity contribution in [3.8, 4) is 5.75 Å². The molecule has 1 amide bonds. The highest BCUT2D eigenvalue weighted by Crippen LogP contribution is 2.52. The lowest BCUT2D eigenvalue weighted by atomic mass is 9.64. The van der Waals surface area contributed by atoms with Crippen LogP contribution in [0.15, 0.2) is 61.8 Å². The van der Waals surface area contributed by atoms with E-state index < -0.39 is 5.92 Å². The SMILES string of the molecule is Cc1ccc(NC(=O)COc2c(Br)cc(C3C4=C(CC(C)(C)CC4=O)NC4=C3C(=O)CC(C)(C)C4)cc2Br)c(C)c1. The van der Waals surface area contributed by atoms with E-state index in [2.05, 4.69) is 70.2 Å². The second kappa shape index (κ2) is 10.8. The molecule has 41 heavy (non-hydrogen) atoms. The van der Waals surface area contributed by atoms with Gasteiger partial charge in [0.25, 0.3) is 5.91 Å². The molecule has 0 atom stereocenters. The molecule has 5 rings (SSSR count). The summed E-state index contributed by atoms with van der Waals surface area (Å²) in [7, 11) is 0. The second-order valence-corrected chi connectivity index (χ2v) is 14.9. The highest BCUT2D eigenvalue weighted by Gasteiger charge is 2.46. The van der Waals surface area contributed by atoms with E-state index in [0.29, 0.717) is 38.7 Å². The van der Waals surface area contributed by atoms with Gasteiger partial charge in [-0.1, -0.05) is 45.4 Å². The number of Topliss-reactive ketones (excluding diaryl/α,β-unsaturated/α-hetero) is 2. The summed E-state index contributed by atoms with van der Waals surface area (Å²) in [6.07, 6.45) is 2.36. The lowest BCUT2D eigenvalue weighted by Crippen LogP contribution is -2.42. The molecule has 0 fully saturated rings. The quantitative estimate of drug-likeness (QED) is 0.336. The summed E-state index contributed by atoms with van der Waals surface area (Å²) in [6, 6.07) is 9.67. The fraction of sp³-hybridized carbons (Fsp3) is 0.424. The van der Waals surface area contributed by atoms with Gasteiger partial charge in [0.1, 0.15) is 5.75 Å². The van der Waals surface area contributed by atoms with E-state index in [1.807, 2.05) is 44.2 Å². The summed E-state index contributed by atoms with van der Waals surface area (Å²) in [5.74, 6) is -0.0900. The van der Waals surface area contributed by atoms with Gasteiger partial charge in [0.05, 0.1) is 8.95 Å². The van der Waals surface area contributed by atoms with Crippen molar-refractivity contribution in [3.63, 3.8) is 0 Å². The molecule has 0 bridgehead atoms. The van der Waals surface area contributed by atoms with Crippen LogP contribution in [0.4, 0.5) is 5.69 Å². The van der Waals surface area contributed by atoms with Gasteiger partial charge in [-0.2, -0.15) is 0 Å². The number of ketones is 2. The maximum Gasteiger partial charge on any atom is 0.262 e. The van der Waals surface area contributed by atoms with E-state index in [1.165, 1.54) is 0 Å². The highest BCUT2D eigenvalue weighted by molar-refractivity contribution is 9.11. The van der Waals surface area contributed by atoms with Gasteiger partial charge in [-0.05, 0) is 98.7 Å². The van der Waals surface area contributed by atoms with Crippen LogP contribution in [0.25, 0.3) is 0 Å². The van der Waals surface area contributed by atoms with E-state index in [9.17, 15) is 14.4 Å². The third-order valence-electron chi connectivity index (χ3n) is 8.08. The van der Waals surface area contributed by atoms with Crippen LogP contribution in [0.2, 0.25) is 0 Å². The number of nitrogens with one attached hydrogen (secondary N) is 2. The van der Waals surface area contributed by atoms with Crippen LogP contribution in [0.3, 0.4) is 0 Å². The first-order valence-electron chi connectivity index (χ1n) is 13.9. The molecule has 2 aliphatic carbocycles. The first-order valence-corrected chi connectivity index (χ1v) is 15.5. The molecular formula is C33H36Br2N2O4. The average molecular weight is 684 g/mol. The van der Waals surface area contributed by atoms with Gasteiger partial charge < -0.3 is 15.4 Å². The Morgan fingerprint density at radius 2 is 1.44 bits per heavy atom. The van der Waals surface area contributed by atoms with Crippen molar-refractivity contribution in [2.24, 2.45) is 10.8 Å². The number of allylic oxidation sites excluding steroid dienone is 4. The molecule has 3 aliphatic rings. The number of halogens is 2. The minimum atomic E-state index is -0.456. The predicted octanol–water partition coefficient (Wildman–Crippen LogP) is 7.82. The topological polar surface area (TPSA) is 84.5 Å². The summed E-state index contributed by atoms with van der Waals surface area (Å²) in [5.41, 5.74) is 6.61. The van der Waals surface area contributed by atoms with Crippen molar-refractivity contribution in [1.29, 1.82) is 0 Å². The molecule has 0 radical (unpaired) electrons. The maximum atomic E-state index is 13.6. The van der Waals surface area contributed by atoms with Gasteiger partial charge in [-0.15, -0.1) is 0 Å². The Morgan fingerprint density at radius 1 is 0.902 bits per heavy atom. The Morgan fingerprint density at radius 3 is 1.95 bits per heavy atom. The zero-order chi connectivity index (χ0) is 29.9. The fourth-order valence-electron chi connectivity index (χ4n) is 6.38. The molecule has 2 aromatic carbocycles. The first kappa shape index (κ1) is 29.8. The Hall–Kier alpha value is -2.71. The summed E-state index contributed by atoms with van der Waals surface area (Å²) in [5, 5.41) is 6.46. The number of dihydropyridines is 1. The van der Waals surface area contributed by atoms with Crippen LogP contribution in [0.5, 0.6) is 5.75 Å². The zero-order valence-corrected chi connectivity index (χ0v) is 27.6. The van der Waals surface area contributed by atoms with E-state index in [1.54, 1.807) is 0 Å². The second-order valence-electron chi connectivity index (χ2n) is 13.2. The summed E-state index contributed by atoms with van der Waals surface area (Å²) < 4.78 is 7.21. The minimum absolute atomic E-state index is 0.0774. The number of carbonyl (C=O) groups excluding carboxylic acids is 3. The number of carbonyl (C=O) groups is 3. The van der Waals surface area contributed by atoms with Gasteiger partial charge in [0, 0.05) is 47.0 Å². The number of rotatable bonds is 5. The number of anilines is 1. The van der Waals surface area contributed by atoms with E-state index in [4.69, 9.17) is 4.74 Å². The van der Waals surface area contributed by atoms with Crippen molar-refractivity contribution in [3.05, 3.63) is 78.5 Å². The molecular weight excluding hydrogens is 648 g/mol. The molecule has 0 saturated heterocycles. The molecule has 2 N–H and O–H groups in total. The third-order valence-corrected chi connectivity index (χ3v) is 9.25. The van der Waals surface area contributed by atoms with Crippen molar-refractivity contribution in [1.82, 2.24) is 5.32 Å². The molecule has 0 unspecified atom stereocenters. The van der Waals surface area contributed by atoms with E-state index >= 15 is 0 Å². The Labute approximate surface area is 258 Å². The standard InChI is InChI=1S/C33H36Br2N2O4/c1-17-7-8-22(18(2)9-17)37-27(40)16-41-31-20(34)10-19(11-21(31)35)28-29-23(12-32(3,4)14-25(29)38)36-24-13-33(5,6)15-26(39)30(24)28/h7-11,28,36H,12-16H2,1-6H3,(H,37,40). The fourth-order valence-corrected chi connectivity index (χ4v) is 7.83. The smallest absolute Gasteiger partial charge is 0.262 e.